The first kappa shape index (κ1) is 27.8. The minimum Gasteiger partial charge on any atom is -0.124 e. The van der Waals surface area contributed by atoms with Gasteiger partial charge in [-0.2, -0.15) is 0 Å². The van der Waals surface area contributed by atoms with Crippen LogP contribution in [0.4, 0.5) is 0 Å². The number of benzene rings is 3. The van der Waals surface area contributed by atoms with Gasteiger partial charge in [-0.25, -0.2) is 0 Å². The summed E-state index contributed by atoms with van der Waals surface area (Å²) in [6.07, 6.45) is 10.6. The number of terminal acetylenes is 1. The second-order valence-electron chi connectivity index (χ2n) is 6.37. The molecule has 0 fully saturated rings. The summed E-state index contributed by atoms with van der Waals surface area (Å²) in [6, 6.07) is 26.1. The topological polar surface area (TPSA) is 0 Å². The highest BCUT2D eigenvalue weighted by molar-refractivity contribution is 6.34. The zero-order chi connectivity index (χ0) is 23.0. The molecule has 30 heavy (non-hydrogen) atoms. The Kier molecular flexibility index (Phi) is 14.5. The molecule has 0 amide bonds. The van der Waals surface area contributed by atoms with Crippen molar-refractivity contribution in [3.8, 4) is 12.8 Å². The lowest BCUT2D eigenvalue weighted by molar-refractivity contribution is 0.879. The molecule has 3 aromatic carbocycles. The summed E-state index contributed by atoms with van der Waals surface area (Å²) < 4.78 is 0. The maximum atomic E-state index is 7.19. The van der Waals surface area contributed by atoms with E-state index in [4.69, 9.17) is 23.2 Å². The molecule has 0 saturated heterocycles. The van der Waals surface area contributed by atoms with Gasteiger partial charge in [-0.15, -0.1) is 24.4 Å². The van der Waals surface area contributed by atoms with E-state index in [9.17, 15) is 0 Å². The Labute approximate surface area is 194 Å². The first-order valence-corrected chi connectivity index (χ1v) is 11.2. The number of rotatable bonds is 4. The molecule has 0 saturated carbocycles. The van der Waals surface area contributed by atoms with Crippen molar-refractivity contribution in [2.45, 2.75) is 52.3 Å². The van der Waals surface area contributed by atoms with Gasteiger partial charge in [0, 0.05) is 10.6 Å². The highest BCUT2D eigenvalue weighted by Crippen LogP contribution is 2.45. The molecule has 1 atom stereocenters. The molecule has 2 heteroatoms. The van der Waals surface area contributed by atoms with Crippen LogP contribution in [0.3, 0.4) is 0 Å². The van der Waals surface area contributed by atoms with Crippen LogP contribution >= 0.6 is 23.2 Å². The first-order chi connectivity index (χ1) is 14.5. The molecule has 0 aliphatic rings. The summed E-state index contributed by atoms with van der Waals surface area (Å²) in [7, 11) is 0. The largest absolute Gasteiger partial charge is 0.124 e. The molecule has 0 radical (unpaired) electrons. The Hall–Kier alpha value is -2.20. The van der Waals surface area contributed by atoms with Crippen LogP contribution in [0.5, 0.6) is 0 Å². The van der Waals surface area contributed by atoms with Gasteiger partial charge in [0.15, 0.2) is 0 Å². The summed E-state index contributed by atoms with van der Waals surface area (Å²) in [6.45, 7) is 10.4. The van der Waals surface area contributed by atoms with Crippen molar-refractivity contribution in [3.63, 3.8) is 0 Å². The van der Waals surface area contributed by atoms with E-state index >= 15 is 0 Å². The van der Waals surface area contributed by atoms with Gasteiger partial charge in [-0.1, -0.05) is 130 Å². The van der Waals surface area contributed by atoms with E-state index in [1.165, 1.54) is 18.4 Å². The molecule has 0 aliphatic carbocycles. The van der Waals surface area contributed by atoms with Crippen LogP contribution in [0.15, 0.2) is 78.9 Å². The van der Waals surface area contributed by atoms with Crippen molar-refractivity contribution in [2.75, 3.05) is 0 Å². The average molecular weight is 441 g/mol. The van der Waals surface area contributed by atoms with Crippen LogP contribution in [-0.4, -0.2) is 0 Å². The Morgan fingerprint density at radius 1 is 0.700 bits per heavy atom. The minimum absolute atomic E-state index is 0.668. The molecule has 0 heterocycles. The van der Waals surface area contributed by atoms with Gasteiger partial charge in [-0.05, 0) is 24.1 Å². The maximum absolute atomic E-state index is 7.19. The lowest BCUT2D eigenvalue weighted by Crippen LogP contribution is -2.22. The normalized spacial score (nSPS) is 11.2. The third kappa shape index (κ3) is 7.56. The number of halogens is 2. The van der Waals surface area contributed by atoms with Crippen LogP contribution in [0.2, 0.25) is 5.02 Å². The zero-order valence-corrected chi connectivity index (χ0v) is 20.3. The van der Waals surface area contributed by atoms with E-state index in [0.717, 1.165) is 16.7 Å². The summed E-state index contributed by atoms with van der Waals surface area (Å²) in [5, 5.41) is 0.668. The fourth-order valence-corrected chi connectivity index (χ4v) is 3.41. The molecular weight excluding hydrogens is 407 g/mol. The third-order valence-corrected chi connectivity index (χ3v) is 5.34. The smallest absolute Gasteiger partial charge is 0.121 e. The van der Waals surface area contributed by atoms with Gasteiger partial charge < -0.3 is 0 Å². The molecule has 0 aliphatic heterocycles. The summed E-state index contributed by atoms with van der Waals surface area (Å²) in [5.41, 5.74) is 4.12. The van der Waals surface area contributed by atoms with Crippen LogP contribution in [0.1, 0.15) is 62.8 Å². The average Bonchev–Trinajstić information content (AvgIpc) is 2.82. The van der Waals surface area contributed by atoms with Gasteiger partial charge >= 0.3 is 0 Å². The quantitative estimate of drug-likeness (QED) is 0.215. The van der Waals surface area contributed by atoms with E-state index < -0.39 is 4.87 Å². The van der Waals surface area contributed by atoms with E-state index in [1.54, 1.807) is 0 Å². The van der Waals surface area contributed by atoms with Gasteiger partial charge in [0.25, 0.3) is 0 Å². The Morgan fingerprint density at radius 3 is 1.60 bits per heavy atom. The summed E-state index contributed by atoms with van der Waals surface area (Å²) >= 11 is 13.6. The van der Waals surface area contributed by atoms with Crippen molar-refractivity contribution in [1.29, 1.82) is 0 Å². The van der Waals surface area contributed by atoms with Crippen molar-refractivity contribution in [3.05, 3.63) is 106 Å². The Morgan fingerprint density at radius 2 is 1.13 bits per heavy atom. The predicted octanol–water partition coefficient (Wildman–Crippen LogP) is 9.26. The molecule has 0 nitrogen and oxygen atoms in total. The van der Waals surface area contributed by atoms with Crippen LogP contribution in [0, 0.1) is 19.8 Å². The SMILES string of the molecule is C#C.CC.CCCC.Cc1ccc(C(Cl)(c2ccccc2)c2ccccc2Cl)cc1. The second-order valence-corrected chi connectivity index (χ2v) is 7.34. The highest BCUT2D eigenvalue weighted by Gasteiger charge is 2.35. The monoisotopic (exact) mass is 440 g/mol. The molecule has 0 aromatic heterocycles. The Balaban J connectivity index is 0.000000924. The molecule has 0 bridgehead atoms. The van der Waals surface area contributed by atoms with Crippen molar-refractivity contribution in [1.82, 2.24) is 0 Å². The number of aryl methyl sites for hydroxylation is 1. The van der Waals surface area contributed by atoms with Gasteiger partial charge in [0.05, 0.1) is 0 Å². The van der Waals surface area contributed by atoms with Gasteiger partial charge in [-0.3, -0.25) is 0 Å². The summed E-state index contributed by atoms with van der Waals surface area (Å²) in [5.74, 6) is 0. The maximum Gasteiger partial charge on any atom is 0.121 e. The number of unbranched alkanes of at least 4 members (excludes halogenated alkanes) is 1. The molecule has 160 valence electrons. The molecule has 0 N–H and O–H groups in total. The van der Waals surface area contributed by atoms with Crippen molar-refractivity contribution < 1.29 is 0 Å². The number of hydrogen-bond acceptors (Lipinski definition) is 0. The second kappa shape index (κ2) is 15.6. The number of hydrogen-bond donors (Lipinski definition) is 0. The van der Waals surface area contributed by atoms with Crippen molar-refractivity contribution >= 4 is 23.2 Å². The highest BCUT2D eigenvalue weighted by atomic mass is 35.5. The predicted molar refractivity (Wildman–Crippen MR) is 137 cm³/mol. The molecule has 3 rings (SSSR count). The fraction of sp³-hybridized carbons (Fsp3) is 0.286. The first-order valence-electron chi connectivity index (χ1n) is 10.4. The lowest BCUT2D eigenvalue weighted by Gasteiger charge is -2.30. The van der Waals surface area contributed by atoms with Gasteiger partial charge in [0.1, 0.15) is 4.87 Å². The van der Waals surface area contributed by atoms with Crippen molar-refractivity contribution in [2.24, 2.45) is 0 Å². The minimum atomic E-state index is -0.798. The van der Waals surface area contributed by atoms with Crippen LogP contribution in [-0.2, 0) is 4.87 Å². The van der Waals surface area contributed by atoms with E-state index in [-0.39, 0.29) is 0 Å². The zero-order valence-electron chi connectivity index (χ0n) is 18.8. The standard InChI is InChI=1S/C20H16Cl2.C4H10.C2H6.C2H2/c1-15-11-13-17(14-12-15)20(22,16-7-3-2-4-8-16)18-9-5-6-10-19(18)21;1-3-4-2;2*1-2/h2-14H,1H3;3-4H2,1-2H3;1-2H3;1-2H. The van der Waals surface area contributed by atoms with E-state index in [0.29, 0.717) is 5.02 Å². The third-order valence-electron chi connectivity index (χ3n) is 4.37. The van der Waals surface area contributed by atoms with E-state index in [1.807, 2.05) is 68.4 Å². The fourth-order valence-electron chi connectivity index (χ4n) is 2.67. The number of alkyl halides is 1. The Bertz CT molecular complexity index is 833. The summed E-state index contributed by atoms with van der Waals surface area (Å²) in [4.78, 5) is -0.798. The van der Waals surface area contributed by atoms with Crippen LogP contribution in [0.25, 0.3) is 0 Å². The molecule has 3 aromatic rings. The van der Waals surface area contributed by atoms with E-state index in [2.05, 4.69) is 57.9 Å². The molecule has 1 unspecified atom stereocenters. The van der Waals surface area contributed by atoms with Crippen LogP contribution < -0.4 is 0 Å². The lowest BCUT2D eigenvalue weighted by atomic mass is 9.84. The molecular formula is C28H34Cl2. The van der Waals surface area contributed by atoms with Gasteiger partial charge in [0.2, 0.25) is 0 Å². The molecule has 0 spiro atoms.